The van der Waals surface area contributed by atoms with Crippen molar-refractivity contribution in [3.63, 3.8) is 0 Å². The van der Waals surface area contributed by atoms with E-state index in [9.17, 15) is 9.36 Å². The summed E-state index contributed by atoms with van der Waals surface area (Å²) in [5, 5.41) is 8.63. The molecule has 0 saturated heterocycles. The molecule has 0 heterocycles. The van der Waals surface area contributed by atoms with Gasteiger partial charge in [0.1, 0.15) is 12.4 Å². The first-order chi connectivity index (χ1) is 7.88. The van der Waals surface area contributed by atoms with Crippen LogP contribution < -0.4 is 4.74 Å². The van der Waals surface area contributed by atoms with E-state index in [1.807, 2.05) is 0 Å². The lowest BCUT2D eigenvalue weighted by Crippen LogP contribution is -2.05. The molecule has 7 nitrogen and oxygen atoms in total. The van der Waals surface area contributed by atoms with Gasteiger partial charge in [-0.1, -0.05) is 0 Å². The molecule has 8 heteroatoms. The summed E-state index contributed by atoms with van der Waals surface area (Å²) >= 11 is 0. The number of ether oxygens (including phenoxy) is 1. The number of carboxylic acids is 1. The molecule has 0 aromatic heterocycles. The molecular weight excluding hydrogens is 251 g/mol. The lowest BCUT2D eigenvalue weighted by atomic mass is 10.2. The largest absolute Gasteiger partial charge is 0.491 e. The van der Waals surface area contributed by atoms with Crippen LogP contribution in [-0.2, 0) is 9.09 Å². The van der Waals surface area contributed by atoms with Crippen LogP contribution in [0.4, 0.5) is 0 Å². The number of carbonyl (C=O) groups is 1. The van der Waals surface area contributed by atoms with Gasteiger partial charge in [-0.25, -0.2) is 9.36 Å². The van der Waals surface area contributed by atoms with Crippen LogP contribution in [0, 0.1) is 0 Å². The van der Waals surface area contributed by atoms with E-state index < -0.39 is 13.8 Å². The first kappa shape index (κ1) is 13.7. The third-order valence-electron chi connectivity index (χ3n) is 1.71. The summed E-state index contributed by atoms with van der Waals surface area (Å²) in [6.07, 6.45) is 0. The molecule has 1 aromatic carbocycles. The summed E-state index contributed by atoms with van der Waals surface area (Å²) in [5.74, 6) is -0.648. The Hall–Kier alpha value is -1.40. The summed E-state index contributed by atoms with van der Waals surface area (Å²) in [5.41, 5.74) is 0.129. The first-order valence-electron chi connectivity index (χ1n) is 4.55. The van der Waals surface area contributed by atoms with Crippen LogP contribution in [0.25, 0.3) is 0 Å². The molecule has 0 bridgehead atoms. The van der Waals surface area contributed by atoms with Crippen LogP contribution in [0.3, 0.4) is 0 Å². The van der Waals surface area contributed by atoms with Crippen molar-refractivity contribution in [3.8, 4) is 5.75 Å². The van der Waals surface area contributed by atoms with Crippen molar-refractivity contribution in [1.29, 1.82) is 0 Å². The van der Waals surface area contributed by atoms with Crippen LogP contribution in [0.2, 0.25) is 0 Å². The fourth-order valence-electron chi connectivity index (χ4n) is 1.01. The average Bonchev–Trinajstić information content (AvgIpc) is 2.24. The Morgan fingerprint density at radius 1 is 1.18 bits per heavy atom. The molecule has 0 aliphatic carbocycles. The summed E-state index contributed by atoms with van der Waals surface area (Å²) < 4.78 is 19.5. The predicted molar refractivity (Wildman–Crippen MR) is 56.9 cm³/mol. The number of carboxylic acid groups (broad SMARTS) is 1. The van der Waals surface area contributed by atoms with Gasteiger partial charge in [0.2, 0.25) is 0 Å². The van der Waals surface area contributed by atoms with Gasteiger partial charge in [-0.2, -0.15) is 0 Å². The van der Waals surface area contributed by atoms with Crippen LogP contribution in [0.1, 0.15) is 10.4 Å². The molecule has 0 radical (unpaired) electrons. The maximum absolute atomic E-state index is 10.5. The van der Waals surface area contributed by atoms with E-state index in [4.69, 9.17) is 19.6 Å². The highest BCUT2D eigenvalue weighted by molar-refractivity contribution is 7.46. The SMILES string of the molecule is O=C(O)c1ccc(OCCOP(=O)(O)O)cc1. The third kappa shape index (κ3) is 5.46. The Morgan fingerprint density at radius 3 is 2.24 bits per heavy atom. The zero-order chi connectivity index (χ0) is 12.9. The van der Waals surface area contributed by atoms with Crippen molar-refractivity contribution in [3.05, 3.63) is 29.8 Å². The maximum Gasteiger partial charge on any atom is 0.469 e. The second kappa shape index (κ2) is 5.79. The number of phosphoric ester groups is 1. The molecule has 0 spiro atoms. The van der Waals surface area contributed by atoms with Crippen molar-refractivity contribution >= 4 is 13.8 Å². The van der Waals surface area contributed by atoms with Gasteiger partial charge in [0, 0.05) is 0 Å². The molecule has 1 aromatic rings. The molecular formula is C9H11O7P. The highest BCUT2D eigenvalue weighted by Crippen LogP contribution is 2.35. The Kier molecular flexibility index (Phi) is 4.65. The monoisotopic (exact) mass is 262 g/mol. The van der Waals surface area contributed by atoms with Crippen LogP contribution in [0.5, 0.6) is 5.75 Å². The fourth-order valence-corrected chi connectivity index (χ4v) is 1.32. The van der Waals surface area contributed by atoms with E-state index in [1.54, 1.807) is 0 Å². The normalized spacial score (nSPS) is 11.2. The molecule has 0 aliphatic heterocycles. The molecule has 0 aliphatic rings. The van der Waals surface area contributed by atoms with Gasteiger partial charge < -0.3 is 19.6 Å². The number of aromatic carboxylic acids is 1. The minimum atomic E-state index is -4.47. The highest BCUT2D eigenvalue weighted by Gasteiger charge is 2.12. The molecule has 94 valence electrons. The Morgan fingerprint density at radius 2 is 1.76 bits per heavy atom. The molecule has 17 heavy (non-hydrogen) atoms. The van der Waals surface area contributed by atoms with E-state index in [2.05, 4.69) is 4.52 Å². The third-order valence-corrected chi connectivity index (χ3v) is 2.23. The fraction of sp³-hybridized carbons (Fsp3) is 0.222. The van der Waals surface area contributed by atoms with Crippen molar-refractivity contribution < 1.29 is 33.5 Å². The number of hydrogen-bond acceptors (Lipinski definition) is 4. The smallest absolute Gasteiger partial charge is 0.469 e. The van der Waals surface area contributed by atoms with Crippen molar-refractivity contribution in [2.75, 3.05) is 13.2 Å². The zero-order valence-corrected chi connectivity index (χ0v) is 9.54. The van der Waals surface area contributed by atoms with Gasteiger partial charge in [0.05, 0.1) is 12.2 Å². The van der Waals surface area contributed by atoms with E-state index in [0.717, 1.165) is 0 Å². The van der Waals surface area contributed by atoms with Crippen LogP contribution in [0.15, 0.2) is 24.3 Å². The predicted octanol–water partition coefficient (Wildman–Crippen LogP) is 0.873. The van der Waals surface area contributed by atoms with Gasteiger partial charge in [0.25, 0.3) is 0 Å². The van der Waals surface area contributed by atoms with Gasteiger partial charge >= 0.3 is 13.8 Å². The molecule has 1 rings (SSSR count). The average molecular weight is 262 g/mol. The van der Waals surface area contributed by atoms with E-state index in [0.29, 0.717) is 5.75 Å². The summed E-state index contributed by atoms with van der Waals surface area (Å²) in [6, 6.07) is 5.62. The molecule has 3 N–H and O–H groups in total. The highest BCUT2D eigenvalue weighted by atomic mass is 31.2. The van der Waals surface area contributed by atoms with Crippen molar-refractivity contribution in [2.24, 2.45) is 0 Å². The number of rotatable bonds is 6. The summed E-state index contributed by atoms with van der Waals surface area (Å²) in [4.78, 5) is 27.3. The lowest BCUT2D eigenvalue weighted by Gasteiger charge is -2.07. The molecule has 0 atom stereocenters. The van der Waals surface area contributed by atoms with E-state index in [-0.39, 0.29) is 18.8 Å². The van der Waals surface area contributed by atoms with Crippen molar-refractivity contribution in [2.45, 2.75) is 0 Å². The number of phosphoric acid groups is 1. The van der Waals surface area contributed by atoms with Gasteiger partial charge in [-0.3, -0.25) is 4.52 Å². The summed E-state index contributed by atoms with van der Waals surface area (Å²) in [6.45, 7) is -0.303. The van der Waals surface area contributed by atoms with Gasteiger partial charge in [0.15, 0.2) is 0 Å². The quantitative estimate of drug-likeness (QED) is 0.515. The molecule has 0 amide bonds. The zero-order valence-electron chi connectivity index (χ0n) is 8.65. The molecule has 0 fully saturated rings. The van der Waals surface area contributed by atoms with Gasteiger partial charge in [-0.15, -0.1) is 0 Å². The summed E-state index contributed by atoms with van der Waals surface area (Å²) in [7, 11) is -4.47. The van der Waals surface area contributed by atoms with Crippen LogP contribution >= 0.6 is 7.82 Å². The Balaban J connectivity index is 2.38. The van der Waals surface area contributed by atoms with Crippen molar-refractivity contribution in [1.82, 2.24) is 0 Å². The van der Waals surface area contributed by atoms with Gasteiger partial charge in [-0.05, 0) is 24.3 Å². The minimum absolute atomic E-state index is 0.0441. The standard InChI is InChI=1S/C9H11O7P/c10-9(11)7-1-3-8(4-2-7)15-5-6-16-17(12,13)14/h1-4H,5-6H2,(H,10,11)(H2,12,13,14). The topological polar surface area (TPSA) is 113 Å². The second-order valence-corrected chi connectivity index (χ2v) is 4.24. The van der Waals surface area contributed by atoms with E-state index in [1.165, 1.54) is 24.3 Å². The Bertz CT molecular complexity index is 421. The second-order valence-electron chi connectivity index (χ2n) is 3.00. The maximum atomic E-state index is 10.5. The number of benzene rings is 1. The molecule has 0 unspecified atom stereocenters. The van der Waals surface area contributed by atoms with E-state index >= 15 is 0 Å². The molecule has 0 saturated carbocycles. The Labute approximate surface area is 96.8 Å². The first-order valence-corrected chi connectivity index (χ1v) is 6.08. The van der Waals surface area contributed by atoms with Crippen LogP contribution in [-0.4, -0.2) is 34.1 Å². The number of hydrogen-bond donors (Lipinski definition) is 3. The minimum Gasteiger partial charge on any atom is -0.491 e. The lowest BCUT2D eigenvalue weighted by molar-refractivity contribution is 0.0696.